The first-order valence-corrected chi connectivity index (χ1v) is 7.68. The smallest absolute Gasteiger partial charge is 0.251 e. The molecule has 0 fully saturated rings. The van der Waals surface area contributed by atoms with E-state index in [1.54, 1.807) is 12.1 Å². The molecule has 5 heteroatoms. The van der Waals surface area contributed by atoms with Crippen molar-refractivity contribution in [3.63, 3.8) is 0 Å². The molecule has 0 heterocycles. The Morgan fingerprint density at radius 1 is 1.09 bits per heavy atom. The maximum absolute atomic E-state index is 12.4. The van der Waals surface area contributed by atoms with Gasteiger partial charge in [0.25, 0.3) is 5.91 Å². The van der Waals surface area contributed by atoms with Crippen molar-refractivity contribution in [1.29, 1.82) is 0 Å². The van der Waals surface area contributed by atoms with E-state index in [0.717, 1.165) is 12.8 Å². The van der Waals surface area contributed by atoms with Crippen LogP contribution in [0, 0.1) is 0 Å². The van der Waals surface area contributed by atoms with Crippen molar-refractivity contribution in [3.8, 4) is 17.2 Å². The molecule has 0 bridgehead atoms. The number of amides is 1. The van der Waals surface area contributed by atoms with E-state index in [-0.39, 0.29) is 11.9 Å². The second-order valence-corrected chi connectivity index (χ2v) is 5.28. The van der Waals surface area contributed by atoms with Crippen LogP contribution in [0.15, 0.2) is 12.1 Å². The Bertz CT molecular complexity index is 463. The third-order valence-corrected chi connectivity index (χ3v) is 3.55. The lowest BCUT2D eigenvalue weighted by Gasteiger charge is -2.16. The maximum atomic E-state index is 12.4. The van der Waals surface area contributed by atoms with Gasteiger partial charge in [-0.1, -0.05) is 26.2 Å². The highest BCUT2D eigenvalue weighted by atomic mass is 16.5. The van der Waals surface area contributed by atoms with Crippen LogP contribution in [0.1, 0.15) is 49.9 Å². The van der Waals surface area contributed by atoms with Crippen LogP contribution in [-0.4, -0.2) is 33.3 Å². The van der Waals surface area contributed by atoms with Gasteiger partial charge in [0.05, 0.1) is 21.3 Å². The first-order chi connectivity index (χ1) is 10.6. The number of ether oxygens (including phenoxy) is 3. The Balaban J connectivity index is 2.84. The summed E-state index contributed by atoms with van der Waals surface area (Å²) in [6.07, 6.45) is 4.45. The number of benzene rings is 1. The van der Waals surface area contributed by atoms with E-state index in [4.69, 9.17) is 14.2 Å². The Morgan fingerprint density at radius 2 is 1.68 bits per heavy atom. The van der Waals surface area contributed by atoms with E-state index >= 15 is 0 Å². The lowest BCUT2D eigenvalue weighted by Crippen LogP contribution is -2.32. The molecule has 0 aliphatic rings. The van der Waals surface area contributed by atoms with Gasteiger partial charge in [0.1, 0.15) is 0 Å². The first kappa shape index (κ1) is 18.1. The Labute approximate surface area is 132 Å². The first-order valence-electron chi connectivity index (χ1n) is 7.68. The predicted octanol–water partition coefficient (Wildman–Crippen LogP) is 3.41. The summed E-state index contributed by atoms with van der Waals surface area (Å²) < 4.78 is 15.8. The van der Waals surface area contributed by atoms with Gasteiger partial charge in [0.15, 0.2) is 11.5 Å². The molecule has 1 aromatic carbocycles. The molecular weight excluding hydrogens is 282 g/mol. The van der Waals surface area contributed by atoms with Gasteiger partial charge in [-0.05, 0) is 25.5 Å². The fourth-order valence-electron chi connectivity index (χ4n) is 2.29. The van der Waals surface area contributed by atoms with Gasteiger partial charge >= 0.3 is 0 Å². The standard InChI is InChI=1S/C17H27NO4/c1-6-7-8-9-12(2)18-17(19)13-10-14(20-3)16(22-5)15(11-13)21-4/h10-12H,6-9H2,1-5H3,(H,18,19)/t12-/m1/s1. The second-order valence-electron chi connectivity index (χ2n) is 5.28. The molecule has 1 amide bonds. The SMILES string of the molecule is CCCCC[C@@H](C)NC(=O)c1cc(OC)c(OC)c(OC)c1. The molecular formula is C17H27NO4. The fraction of sp³-hybridized carbons (Fsp3) is 0.588. The molecule has 1 N–H and O–H groups in total. The van der Waals surface area contributed by atoms with Gasteiger partial charge in [0, 0.05) is 11.6 Å². The molecule has 22 heavy (non-hydrogen) atoms. The minimum atomic E-state index is -0.136. The molecule has 0 radical (unpaired) electrons. The summed E-state index contributed by atoms with van der Waals surface area (Å²) in [4.78, 5) is 12.4. The molecule has 1 atom stereocenters. The molecule has 5 nitrogen and oxygen atoms in total. The topological polar surface area (TPSA) is 56.8 Å². The van der Waals surface area contributed by atoms with Gasteiger partial charge in [-0.15, -0.1) is 0 Å². The highest BCUT2D eigenvalue weighted by molar-refractivity contribution is 5.95. The molecule has 0 saturated carbocycles. The number of nitrogens with one attached hydrogen (secondary N) is 1. The summed E-state index contributed by atoms with van der Waals surface area (Å²) in [7, 11) is 4.61. The molecule has 0 saturated heterocycles. The van der Waals surface area contributed by atoms with Gasteiger partial charge in [0.2, 0.25) is 5.75 Å². The Hall–Kier alpha value is -1.91. The van der Waals surface area contributed by atoms with E-state index in [2.05, 4.69) is 12.2 Å². The molecule has 0 aliphatic carbocycles. The lowest BCUT2D eigenvalue weighted by atomic mass is 10.1. The summed E-state index contributed by atoms with van der Waals surface area (Å²) in [6, 6.07) is 3.46. The number of carbonyl (C=O) groups excluding carboxylic acids is 1. The largest absolute Gasteiger partial charge is 0.493 e. The molecule has 0 unspecified atom stereocenters. The lowest BCUT2D eigenvalue weighted by molar-refractivity contribution is 0.0937. The van der Waals surface area contributed by atoms with Crippen molar-refractivity contribution in [3.05, 3.63) is 17.7 Å². The number of carbonyl (C=O) groups is 1. The third kappa shape index (κ3) is 4.83. The summed E-state index contributed by atoms with van der Waals surface area (Å²) in [5.41, 5.74) is 0.497. The van der Waals surface area contributed by atoms with E-state index in [1.165, 1.54) is 34.2 Å². The minimum absolute atomic E-state index is 0.136. The molecule has 0 spiro atoms. The summed E-state index contributed by atoms with van der Waals surface area (Å²) in [5, 5.41) is 3.00. The van der Waals surface area contributed by atoms with Crippen LogP contribution >= 0.6 is 0 Å². The maximum Gasteiger partial charge on any atom is 0.251 e. The monoisotopic (exact) mass is 309 g/mol. The van der Waals surface area contributed by atoms with Crippen molar-refractivity contribution in [1.82, 2.24) is 5.32 Å². The van der Waals surface area contributed by atoms with E-state index in [9.17, 15) is 4.79 Å². The quantitative estimate of drug-likeness (QED) is 0.710. The highest BCUT2D eigenvalue weighted by Gasteiger charge is 2.17. The number of rotatable bonds is 9. The number of methoxy groups -OCH3 is 3. The number of hydrogen-bond donors (Lipinski definition) is 1. The van der Waals surface area contributed by atoms with Gasteiger partial charge in [-0.2, -0.15) is 0 Å². The molecule has 0 aromatic heterocycles. The van der Waals surface area contributed by atoms with Crippen molar-refractivity contribution < 1.29 is 19.0 Å². The molecule has 1 rings (SSSR count). The molecule has 124 valence electrons. The predicted molar refractivity (Wildman–Crippen MR) is 87.2 cm³/mol. The van der Waals surface area contributed by atoms with Crippen LogP contribution in [0.3, 0.4) is 0 Å². The van der Waals surface area contributed by atoms with Crippen LogP contribution in [-0.2, 0) is 0 Å². The summed E-state index contributed by atoms with van der Waals surface area (Å²) >= 11 is 0. The van der Waals surface area contributed by atoms with E-state index < -0.39 is 0 Å². The number of hydrogen-bond acceptors (Lipinski definition) is 4. The summed E-state index contributed by atoms with van der Waals surface area (Å²) in [5.74, 6) is 1.30. The normalized spacial score (nSPS) is 11.7. The van der Waals surface area contributed by atoms with Gasteiger partial charge in [-0.3, -0.25) is 4.79 Å². The van der Waals surface area contributed by atoms with Gasteiger partial charge < -0.3 is 19.5 Å². The van der Waals surface area contributed by atoms with Crippen molar-refractivity contribution >= 4 is 5.91 Å². The summed E-state index contributed by atoms with van der Waals surface area (Å²) in [6.45, 7) is 4.19. The zero-order chi connectivity index (χ0) is 16.5. The fourth-order valence-corrected chi connectivity index (χ4v) is 2.29. The van der Waals surface area contributed by atoms with Crippen LogP contribution in [0.2, 0.25) is 0 Å². The number of unbranched alkanes of at least 4 members (excludes halogenated alkanes) is 2. The minimum Gasteiger partial charge on any atom is -0.493 e. The Morgan fingerprint density at radius 3 is 2.14 bits per heavy atom. The van der Waals surface area contributed by atoms with Crippen LogP contribution in [0.5, 0.6) is 17.2 Å². The van der Waals surface area contributed by atoms with E-state index in [0.29, 0.717) is 22.8 Å². The average Bonchev–Trinajstić information content (AvgIpc) is 2.53. The van der Waals surface area contributed by atoms with E-state index in [1.807, 2.05) is 6.92 Å². The zero-order valence-corrected chi connectivity index (χ0v) is 14.2. The van der Waals surface area contributed by atoms with Gasteiger partial charge in [-0.25, -0.2) is 0 Å². The zero-order valence-electron chi connectivity index (χ0n) is 14.2. The third-order valence-electron chi connectivity index (χ3n) is 3.55. The average molecular weight is 309 g/mol. The van der Waals surface area contributed by atoms with Crippen molar-refractivity contribution in [2.75, 3.05) is 21.3 Å². The molecule has 1 aromatic rings. The Kier molecular flexibility index (Phi) is 7.57. The van der Waals surface area contributed by atoms with Crippen LogP contribution in [0.4, 0.5) is 0 Å². The second kappa shape index (κ2) is 9.18. The highest BCUT2D eigenvalue weighted by Crippen LogP contribution is 2.38. The van der Waals surface area contributed by atoms with Crippen molar-refractivity contribution in [2.45, 2.75) is 45.6 Å². The van der Waals surface area contributed by atoms with Crippen molar-refractivity contribution in [2.24, 2.45) is 0 Å². The molecule has 0 aliphatic heterocycles. The van der Waals surface area contributed by atoms with Crippen LogP contribution < -0.4 is 19.5 Å². The van der Waals surface area contributed by atoms with Crippen LogP contribution in [0.25, 0.3) is 0 Å².